The summed E-state index contributed by atoms with van der Waals surface area (Å²) in [6, 6.07) is 6.26. The molecule has 3 aliphatic rings. The lowest BCUT2D eigenvalue weighted by molar-refractivity contribution is -0.151. The van der Waals surface area contributed by atoms with Crippen LogP contribution in [-0.4, -0.2) is 93.2 Å². The highest BCUT2D eigenvalue weighted by Crippen LogP contribution is 2.32. The number of amides is 1. The summed E-state index contributed by atoms with van der Waals surface area (Å²) in [5, 5.41) is 21.9. The summed E-state index contributed by atoms with van der Waals surface area (Å²) in [5.41, 5.74) is 0.346. The average Bonchev–Trinajstić information content (AvgIpc) is 3.52. The molecule has 3 aliphatic heterocycles. The van der Waals surface area contributed by atoms with E-state index in [9.17, 15) is 19.8 Å². The van der Waals surface area contributed by atoms with Gasteiger partial charge in [-0.05, 0) is 63.9 Å². The number of hydrogen-bond acceptors (Lipinski definition) is 8. The molecule has 224 valence electrons. The maximum absolute atomic E-state index is 13.2. The van der Waals surface area contributed by atoms with Crippen molar-refractivity contribution in [3.8, 4) is 0 Å². The van der Waals surface area contributed by atoms with Gasteiger partial charge in [0.1, 0.15) is 11.7 Å². The van der Waals surface area contributed by atoms with E-state index >= 15 is 0 Å². The number of ether oxygens (including phenoxy) is 2. The molecule has 2 unspecified atom stereocenters. The maximum atomic E-state index is 13.2. The molecule has 9 heteroatoms. The fourth-order valence-corrected chi connectivity index (χ4v) is 5.93. The van der Waals surface area contributed by atoms with Crippen LogP contribution in [0.2, 0.25) is 0 Å². The zero-order chi connectivity index (χ0) is 29.7. The van der Waals surface area contributed by atoms with Gasteiger partial charge in [-0.25, -0.2) is 4.79 Å². The molecular formula is C32H45N3O6. The molecule has 8 atom stereocenters. The van der Waals surface area contributed by atoms with E-state index in [0.717, 1.165) is 24.2 Å². The van der Waals surface area contributed by atoms with Gasteiger partial charge in [-0.15, -0.1) is 0 Å². The van der Waals surface area contributed by atoms with Crippen LogP contribution in [0.5, 0.6) is 0 Å². The summed E-state index contributed by atoms with van der Waals surface area (Å²) in [5.74, 6) is -0.684. The first-order valence-electron chi connectivity index (χ1n) is 14.7. The number of nitrogens with zero attached hydrogens (tertiary/aromatic N) is 3. The van der Waals surface area contributed by atoms with Crippen molar-refractivity contribution in [3.63, 3.8) is 0 Å². The second-order valence-electron chi connectivity index (χ2n) is 12.2. The zero-order valence-electron chi connectivity index (χ0n) is 24.8. The van der Waals surface area contributed by atoms with Gasteiger partial charge in [0.2, 0.25) is 0 Å². The second-order valence-corrected chi connectivity index (χ2v) is 12.2. The van der Waals surface area contributed by atoms with Crippen LogP contribution in [0.25, 0.3) is 0 Å². The zero-order valence-corrected chi connectivity index (χ0v) is 24.8. The van der Waals surface area contributed by atoms with E-state index in [1.807, 2.05) is 56.4 Å². The number of hydrogen-bond donors (Lipinski definition) is 2. The first-order valence-corrected chi connectivity index (χ1v) is 14.7. The van der Waals surface area contributed by atoms with E-state index < -0.39 is 36.0 Å². The third-order valence-electron chi connectivity index (χ3n) is 8.66. The number of aliphatic hydroxyl groups is 2. The highest BCUT2D eigenvalue weighted by molar-refractivity contribution is 5.70. The fourth-order valence-electron chi connectivity index (χ4n) is 5.93. The third kappa shape index (κ3) is 7.84. The third-order valence-corrected chi connectivity index (χ3v) is 8.66. The maximum Gasteiger partial charge on any atom is 0.410 e. The topological polar surface area (TPSA) is 112 Å². The predicted octanol–water partition coefficient (Wildman–Crippen LogP) is 3.98. The van der Waals surface area contributed by atoms with Gasteiger partial charge in [0, 0.05) is 48.9 Å². The molecule has 0 radical (unpaired) electrons. The molecule has 2 bridgehead atoms. The van der Waals surface area contributed by atoms with E-state index in [2.05, 4.69) is 23.9 Å². The van der Waals surface area contributed by atoms with Crippen LogP contribution in [0.15, 0.2) is 60.3 Å². The minimum absolute atomic E-state index is 0.107. The highest BCUT2D eigenvalue weighted by Gasteiger charge is 2.45. The number of allylic oxidation sites excluding steroid dienone is 3. The predicted molar refractivity (Wildman–Crippen MR) is 156 cm³/mol. The van der Waals surface area contributed by atoms with Crippen molar-refractivity contribution in [2.24, 2.45) is 5.92 Å². The van der Waals surface area contributed by atoms with Gasteiger partial charge < -0.3 is 24.6 Å². The molecule has 1 amide bonds. The Bertz CT molecular complexity index is 1150. The van der Waals surface area contributed by atoms with Crippen molar-refractivity contribution >= 4 is 12.1 Å². The molecule has 4 rings (SSSR count). The Labute approximate surface area is 243 Å². The normalized spacial score (nSPS) is 35.0. The number of cyclic esters (lactones) is 1. The number of rotatable bonds is 5. The Morgan fingerprint density at radius 1 is 1.27 bits per heavy atom. The van der Waals surface area contributed by atoms with Gasteiger partial charge in [0.05, 0.1) is 12.5 Å². The largest absolute Gasteiger partial charge is 0.457 e. The van der Waals surface area contributed by atoms with Gasteiger partial charge in [-0.3, -0.25) is 14.7 Å². The molecule has 0 aromatic carbocycles. The number of piperazine rings is 1. The molecule has 1 aromatic rings. The minimum atomic E-state index is -1.43. The van der Waals surface area contributed by atoms with E-state index in [-0.39, 0.29) is 37.1 Å². The first kappa shape index (κ1) is 30.9. The summed E-state index contributed by atoms with van der Waals surface area (Å²) in [6.45, 7) is 8.90. The number of esters is 1. The van der Waals surface area contributed by atoms with Gasteiger partial charge >= 0.3 is 12.1 Å². The fraction of sp³-hybridized carbons (Fsp3) is 0.594. The van der Waals surface area contributed by atoms with Crippen molar-refractivity contribution in [2.75, 3.05) is 20.1 Å². The smallest absolute Gasteiger partial charge is 0.410 e. The van der Waals surface area contributed by atoms with Crippen LogP contribution in [0, 0.1) is 5.92 Å². The number of fused-ring (bicyclic) bond motifs is 2. The molecule has 4 heterocycles. The lowest BCUT2D eigenvalue weighted by Gasteiger charge is -2.36. The Hall–Kier alpha value is -3.01. The van der Waals surface area contributed by atoms with E-state index in [1.165, 1.54) is 0 Å². The van der Waals surface area contributed by atoms with E-state index in [0.29, 0.717) is 12.6 Å². The summed E-state index contributed by atoms with van der Waals surface area (Å²) in [6.07, 6.45) is 9.27. The van der Waals surface area contributed by atoms with Crippen LogP contribution in [0.3, 0.4) is 0 Å². The van der Waals surface area contributed by atoms with Gasteiger partial charge in [0.15, 0.2) is 6.10 Å². The van der Waals surface area contributed by atoms with Gasteiger partial charge in [-0.1, -0.05) is 44.2 Å². The molecule has 9 nitrogen and oxygen atoms in total. The van der Waals surface area contributed by atoms with E-state index in [4.69, 9.17) is 9.47 Å². The molecular weight excluding hydrogens is 522 g/mol. The lowest BCUT2D eigenvalue weighted by Crippen LogP contribution is -2.50. The van der Waals surface area contributed by atoms with Crippen molar-refractivity contribution < 1.29 is 29.3 Å². The van der Waals surface area contributed by atoms with Crippen molar-refractivity contribution in [2.45, 2.75) is 95.3 Å². The minimum Gasteiger partial charge on any atom is -0.457 e. The molecule has 0 saturated carbocycles. The number of aromatic nitrogens is 1. The quantitative estimate of drug-likeness (QED) is 0.312. The summed E-state index contributed by atoms with van der Waals surface area (Å²) in [4.78, 5) is 34.4. The molecule has 2 N–H and O–H groups in total. The Morgan fingerprint density at radius 3 is 2.71 bits per heavy atom. The summed E-state index contributed by atoms with van der Waals surface area (Å²) < 4.78 is 11.8. The molecule has 1 aromatic heterocycles. The Kier molecular flexibility index (Phi) is 10.0. The Morgan fingerprint density at radius 2 is 2.05 bits per heavy atom. The van der Waals surface area contributed by atoms with Crippen LogP contribution in [0.4, 0.5) is 4.79 Å². The number of aliphatic hydroxyl groups excluding tert-OH is 1. The molecule has 2 saturated heterocycles. The van der Waals surface area contributed by atoms with Crippen molar-refractivity contribution in [3.05, 3.63) is 66.0 Å². The van der Waals surface area contributed by atoms with Crippen LogP contribution in [0.1, 0.15) is 65.0 Å². The second kappa shape index (κ2) is 13.3. The SMILES string of the molecule is C/C(=C\C=C\[C@@H](C)c1ccccn1)[C@H]1OC(=O)C[C@H](O)CC[C@@](C)(O)[C@@H](OC(=O)N2CC3CC2CN3C)/C=C/[C@@H]1C. The van der Waals surface area contributed by atoms with Crippen molar-refractivity contribution in [1.29, 1.82) is 0 Å². The number of pyridine rings is 1. The molecule has 0 spiro atoms. The average molecular weight is 568 g/mol. The van der Waals surface area contributed by atoms with Crippen LogP contribution < -0.4 is 0 Å². The summed E-state index contributed by atoms with van der Waals surface area (Å²) in [7, 11) is 2.07. The molecule has 0 aliphatic carbocycles. The standard InChI is InChI=1S/C32H45N3O6/c1-21(27-11-6-7-16-33-27)9-8-10-22(2)30-23(3)12-13-28(32(4,39)15-14-26(36)18-29(37)41-30)40-31(38)35-20-24-17-25(35)19-34(24)5/h6-13,16,21,23-26,28,30,36,39H,14-15,17-20H2,1-5H3/b9-8+,13-12+,22-10+/t21-,23+,24?,25?,26-,28+,30-,32-/m1/s1. The summed E-state index contributed by atoms with van der Waals surface area (Å²) >= 11 is 0. The number of carbonyl (C=O) groups excluding carboxylic acids is 2. The van der Waals surface area contributed by atoms with Crippen LogP contribution >= 0.6 is 0 Å². The number of likely N-dealkylation sites (tertiary alicyclic amines) is 2. The monoisotopic (exact) mass is 567 g/mol. The lowest BCUT2D eigenvalue weighted by atomic mass is 9.88. The Balaban J connectivity index is 1.52. The van der Waals surface area contributed by atoms with Crippen LogP contribution in [-0.2, 0) is 14.3 Å². The van der Waals surface area contributed by atoms with Gasteiger partial charge in [-0.2, -0.15) is 0 Å². The molecule has 2 fully saturated rings. The van der Waals surface area contributed by atoms with Gasteiger partial charge in [0.25, 0.3) is 0 Å². The first-order chi connectivity index (χ1) is 19.4. The highest BCUT2D eigenvalue weighted by atomic mass is 16.6. The number of likely N-dealkylation sites (N-methyl/N-ethyl adjacent to an activating group) is 1. The molecule has 41 heavy (non-hydrogen) atoms. The number of carbonyl (C=O) groups is 2. The van der Waals surface area contributed by atoms with E-state index in [1.54, 1.807) is 24.1 Å². The van der Waals surface area contributed by atoms with Crippen molar-refractivity contribution in [1.82, 2.24) is 14.8 Å².